The predicted octanol–water partition coefficient (Wildman–Crippen LogP) is 2.20. The van der Waals surface area contributed by atoms with Crippen molar-refractivity contribution in [3.63, 3.8) is 0 Å². The Morgan fingerprint density at radius 3 is 2.44 bits per heavy atom. The molecule has 2 heteroatoms. The molecule has 9 heavy (non-hydrogen) atoms. The second kappa shape index (κ2) is 4.24. The van der Waals surface area contributed by atoms with E-state index in [1.54, 1.807) is 6.07 Å². The standard InChI is InChI=1S/C7H9O.Y/c1-6(2)7-4-3-5-8-7;/h3-4,6H,1-2H3;/q-1;. The van der Waals surface area contributed by atoms with Crippen molar-refractivity contribution in [3.8, 4) is 0 Å². The molecule has 0 bridgehead atoms. The van der Waals surface area contributed by atoms with Crippen LogP contribution in [0.3, 0.4) is 0 Å². The zero-order chi connectivity index (χ0) is 5.98. The van der Waals surface area contributed by atoms with E-state index in [1.807, 2.05) is 6.07 Å². The summed E-state index contributed by atoms with van der Waals surface area (Å²) in [6.45, 7) is 4.18. The minimum Gasteiger partial charge on any atom is -0.595 e. The number of rotatable bonds is 1. The van der Waals surface area contributed by atoms with E-state index in [1.165, 1.54) is 0 Å². The predicted molar refractivity (Wildman–Crippen MR) is 31.6 cm³/mol. The average molecular weight is 198 g/mol. The van der Waals surface area contributed by atoms with E-state index in [-0.39, 0.29) is 32.7 Å². The van der Waals surface area contributed by atoms with Crippen LogP contribution in [0.15, 0.2) is 16.5 Å². The van der Waals surface area contributed by atoms with Gasteiger partial charge < -0.3 is 4.42 Å². The second-order valence-corrected chi connectivity index (χ2v) is 2.11. The minimum absolute atomic E-state index is 0. The minimum atomic E-state index is 0. The Kier molecular flexibility index (Phi) is 4.42. The van der Waals surface area contributed by atoms with Gasteiger partial charge >= 0.3 is 0 Å². The van der Waals surface area contributed by atoms with Crippen LogP contribution in [0.4, 0.5) is 0 Å². The van der Waals surface area contributed by atoms with Crippen molar-refractivity contribution in [2.24, 2.45) is 0 Å². The van der Waals surface area contributed by atoms with Gasteiger partial charge in [-0.2, -0.15) is 6.07 Å². The quantitative estimate of drug-likeness (QED) is 0.630. The van der Waals surface area contributed by atoms with Crippen LogP contribution in [-0.4, -0.2) is 0 Å². The van der Waals surface area contributed by atoms with Crippen molar-refractivity contribution < 1.29 is 37.1 Å². The first-order valence-electron chi connectivity index (χ1n) is 2.76. The van der Waals surface area contributed by atoms with Gasteiger partial charge in [-0.05, 0) is 12.2 Å². The third kappa shape index (κ3) is 2.64. The molecule has 0 fully saturated rings. The van der Waals surface area contributed by atoms with Crippen LogP contribution < -0.4 is 0 Å². The Morgan fingerprint density at radius 2 is 2.22 bits per heavy atom. The molecule has 0 aromatic carbocycles. The molecule has 1 rings (SSSR count). The number of hydrogen-bond donors (Lipinski definition) is 0. The first-order chi connectivity index (χ1) is 3.80. The van der Waals surface area contributed by atoms with Crippen LogP contribution in [0.5, 0.6) is 0 Å². The third-order valence-electron chi connectivity index (χ3n) is 1.06. The summed E-state index contributed by atoms with van der Waals surface area (Å²) >= 11 is 0. The SMILES string of the molecule is CC(C)c1cc[c-]o1.[Y]. The molecule has 1 aromatic rings. The molecule has 1 aromatic heterocycles. The van der Waals surface area contributed by atoms with Crippen LogP contribution in [0.2, 0.25) is 0 Å². The molecule has 0 atom stereocenters. The Labute approximate surface area is 80.7 Å². The van der Waals surface area contributed by atoms with Crippen molar-refractivity contribution in [2.75, 3.05) is 0 Å². The molecule has 47 valence electrons. The van der Waals surface area contributed by atoms with E-state index in [0.29, 0.717) is 5.92 Å². The van der Waals surface area contributed by atoms with E-state index in [0.717, 1.165) is 5.76 Å². The van der Waals surface area contributed by atoms with Gasteiger partial charge in [-0.25, -0.2) is 0 Å². The molecular weight excluding hydrogens is 189 g/mol. The maximum Gasteiger partial charge on any atom is 0 e. The van der Waals surface area contributed by atoms with Gasteiger partial charge in [0.05, 0.1) is 0 Å². The largest absolute Gasteiger partial charge is 0.595 e. The Balaban J connectivity index is 0.000000640. The van der Waals surface area contributed by atoms with Crippen molar-refractivity contribution in [1.29, 1.82) is 0 Å². The van der Waals surface area contributed by atoms with Crippen molar-refractivity contribution >= 4 is 0 Å². The zero-order valence-corrected chi connectivity index (χ0v) is 8.56. The molecule has 0 aliphatic carbocycles. The van der Waals surface area contributed by atoms with Crippen LogP contribution in [0.25, 0.3) is 0 Å². The normalized spacial score (nSPS) is 9.22. The summed E-state index contributed by atoms with van der Waals surface area (Å²) in [4.78, 5) is 0. The summed E-state index contributed by atoms with van der Waals surface area (Å²) in [5, 5.41) is 0. The van der Waals surface area contributed by atoms with Gasteiger partial charge in [0.2, 0.25) is 0 Å². The van der Waals surface area contributed by atoms with Crippen molar-refractivity contribution in [3.05, 3.63) is 24.2 Å². The molecule has 0 unspecified atom stereocenters. The summed E-state index contributed by atoms with van der Waals surface area (Å²) in [7, 11) is 0. The molecule has 0 aliphatic rings. The van der Waals surface area contributed by atoms with Gasteiger partial charge in [-0.15, -0.1) is 6.07 Å². The van der Waals surface area contributed by atoms with Gasteiger partial charge in [0.15, 0.2) is 0 Å². The van der Waals surface area contributed by atoms with Crippen LogP contribution in [0, 0.1) is 6.26 Å². The van der Waals surface area contributed by atoms with Crippen LogP contribution >= 0.6 is 0 Å². The van der Waals surface area contributed by atoms with Crippen LogP contribution in [0.1, 0.15) is 25.5 Å². The van der Waals surface area contributed by atoms with E-state index >= 15 is 0 Å². The topological polar surface area (TPSA) is 13.1 Å². The Morgan fingerprint density at radius 1 is 1.56 bits per heavy atom. The average Bonchev–Trinajstić information content (AvgIpc) is 2.12. The molecule has 1 radical (unpaired) electrons. The molecule has 1 heterocycles. The second-order valence-electron chi connectivity index (χ2n) is 2.11. The Hall–Kier alpha value is 0.384. The van der Waals surface area contributed by atoms with E-state index in [9.17, 15) is 0 Å². The summed E-state index contributed by atoms with van der Waals surface area (Å²) in [5.41, 5.74) is 0. The fourth-order valence-electron chi connectivity index (χ4n) is 0.563. The zero-order valence-electron chi connectivity index (χ0n) is 5.72. The van der Waals surface area contributed by atoms with Gasteiger partial charge in [0, 0.05) is 32.7 Å². The summed E-state index contributed by atoms with van der Waals surface area (Å²) in [5.74, 6) is 1.49. The fraction of sp³-hybridized carbons (Fsp3) is 0.429. The summed E-state index contributed by atoms with van der Waals surface area (Å²) in [6, 6.07) is 3.72. The van der Waals surface area contributed by atoms with Gasteiger partial charge in [0.1, 0.15) is 0 Å². The van der Waals surface area contributed by atoms with Gasteiger partial charge in [-0.1, -0.05) is 19.6 Å². The number of hydrogen-bond acceptors (Lipinski definition) is 1. The first-order valence-corrected chi connectivity index (χ1v) is 2.76. The van der Waals surface area contributed by atoms with E-state index < -0.39 is 0 Å². The number of furan rings is 1. The maximum atomic E-state index is 4.97. The first kappa shape index (κ1) is 9.38. The molecule has 0 saturated carbocycles. The monoisotopic (exact) mass is 198 g/mol. The van der Waals surface area contributed by atoms with E-state index in [4.69, 9.17) is 4.42 Å². The van der Waals surface area contributed by atoms with Crippen LogP contribution in [-0.2, 0) is 32.7 Å². The molecule has 0 N–H and O–H groups in total. The van der Waals surface area contributed by atoms with Gasteiger partial charge in [0.25, 0.3) is 0 Å². The molecule has 0 aliphatic heterocycles. The summed E-state index contributed by atoms with van der Waals surface area (Å²) < 4.78 is 4.97. The van der Waals surface area contributed by atoms with Crippen molar-refractivity contribution in [2.45, 2.75) is 19.8 Å². The van der Waals surface area contributed by atoms with Crippen molar-refractivity contribution in [1.82, 2.24) is 0 Å². The Bertz CT molecular complexity index is 144. The van der Waals surface area contributed by atoms with E-state index in [2.05, 4.69) is 20.1 Å². The third-order valence-corrected chi connectivity index (χ3v) is 1.06. The smallest absolute Gasteiger partial charge is 0 e. The van der Waals surface area contributed by atoms with Gasteiger partial charge in [-0.3, -0.25) is 0 Å². The molecule has 0 amide bonds. The maximum absolute atomic E-state index is 4.97. The molecular formula is C7H9OY-. The molecule has 0 spiro atoms. The fourth-order valence-corrected chi connectivity index (χ4v) is 0.563. The molecule has 0 saturated heterocycles. The summed E-state index contributed by atoms with van der Waals surface area (Å²) in [6.07, 6.45) is 2.64. The molecule has 1 nitrogen and oxygen atoms in total.